The Morgan fingerprint density at radius 1 is 1.08 bits per heavy atom. The van der Waals surface area contributed by atoms with Crippen molar-refractivity contribution in [3.05, 3.63) is 42.1 Å². The number of anilines is 2. The van der Waals surface area contributed by atoms with Crippen LogP contribution in [0.3, 0.4) is 0 Å². The summed E-state index contributed by atoms with van der Waals surface area (Å²) in [4.78, 5) is 19.2. The summed E-state index contributed by atoms with van der Waals surface area (Å²) in [6, 6.07) is 9.76. The molecule has 1 fully saturated rings. The molecule has 134 valence electrons. The lowest BCUT2D eigenvalue weighted by Gasteiger charge is -2.22. The van der Waals surface area contributed by atoms with E-state index in [9.17, 15) is 4.79 Å². The standard InChI is InChI=1S/C19H22N6O/c1-24-18-17(22-23-24)12-14(13-20-18)19(26)21-15-6-8-16(9-7-15)25-10-4-2-3-5-11-25/h6-9,12-13H,2-5,10-11H2,1H3,(H,21,26). The fraction of sp³-hybridized carbons (Fsp3) is 0.368. The Morgan fingerprint density at radius 3 is 2.54 bits per heavy atom. The maximum absolute atomic E-state index is 12.5. The molecular weight excluding hydrogens is 328 g/mol. The van der Waals surface area contributed by atoms with Gasteiger partial charge in [0.25, 0.3) is 5.91 Å². The van der Waals surface area contributed by atoms with Gasteiger partial charge in [-0.3, -0.25) is 4.79 Å². The number of aromatic nitrogens is 4. The van der Waals surface area contributed by atoms with Gasteiger partial charge in [0.1, 0.15) is 5.52 Å². The van der Waals surface area contributed by atoms with E-state index in [1.807, 2.05) is 12.1 Å². The average Bonchev–Trinajstić information content (AvgIpc) is 2.86. The number of aryl methyl sites for hydroxylation is 1. The molecule has 1 aliphatic rings. The van der Waals surface area contributed by atoms with Crippen molar-refractivity contribution in [2.24, 2.45) is 7.05 Å². The third kappa shape index (κ3) is 3.37. The quantitative estimate of drug-likeness (QED) is 0.786. The Hall–Kier alpha value is -2.96. The highest BCUT2D eigenvalue weighted by Gasteiger charge is 2.12. The summed E-state index contributed by atoms with van der Waals surface area (Å²) in [6.07, 6.45) is 6.67. The minimum absolute atomic E-state index is 0.201. The lowest BCUT2D eigenvalue weighted by atomic mass is 10.2. The Balaban J connectivity index is 1.46. The number of hydrogen-bond acceptors (Lipinski definition) is 5. The van der Waals surface area contributed by atoms with Crippen LogP contribution in [-0.4, -0.2) is 39.0 Å². The summed E-state index contributed by atoms with van der Waals surface area (Å²) < 4.78 is 1.58. The summed E-state index contributed by atoms with van der Waals surface area (Å²) in [6.45, 7) is 2.21. The maximum Gasteiger partial charge on any atom is 0.257 e. The molecule has 0 aliphatic carbocycles. The predicted molar refractivity (Wildman–Crippen MR) is 101 cm³/mol. The molecule has 26 heavy (non-hydrogen) atoms. The van der Waals surface area contributed by atoms with E-state index in [1.165, 1.54) is 31.4 Å². The van der Waals surface area contributed by atoms with Crippen LogP contribution in [0.5, 0.6) is 0 Å². The second-order valence-electron chi connectivity index (χ2n) is 6.68. The first-order chi connectivity index (χ1) is 12.7. The minimum Gasteiger partial charge on any atom is -0.372 e. The Bertz CT molecular complexity index is 909. The molecule has 1 saturated heterocycles. The van der Waals surface area contributed by atoms with Gasteiger partial charge in [-0.05, 0) is 43.2 Å². The van der Waals surface area contributed by atoms with Gasteiger partial charge >= 0.3 is 0 Å². The van der Waals surface area contributed by atoms with Crippen molar-refractivity contribution in [2.45, 2.75) is 25.7 Å². The van der Waals surface area contributed by atoms with Crippen LogP contribution in [-0.2, 0) is 7.05 Å². The lowest BCUT2D eigenvalue weighted by Crippen LogP contribution is -2.23. The first kappa shape index (κ1) is 16.5. The molecule has 0 spiro atoms. The van der Waals surface area contributed by atoms with Crippen molar-refractivity contribution in [3.63, 3.8) is 0 Å². The van der Waals surface area contributed by atoms with Crippen LogP contribution >= 0.6 is 0 Å². The molecule has 1 N–H and O–H groups in total. The van der Waals surface area contributed by atoms with Gasteiger partial charge in [0.2, 0.25) is 0 Å². The van der Waals surface area contributed by atoms with Gasteiger partial charge in [0, 0.05) is 37.7 Å². The number of nitrogens with one attached hydrogen (secondary N) is 1. The lowest BCUT2D eigenvalue weighted by molar-refractivity contribution is 0.102. The molecule has 0 saturated carbocycles. The zero-order valence-electron chi connectivity index (χ0n) is 14.9. The van der Waals surface area contributed by atoms with Gasteiger partial charge in [-0.15, -0.1) is 5.10 Å². The van der Waals surface area contributed by atoms with Crippen molar-refractivity contribution in [3.8, 4) is 0 Å². The SMILES string of the molecule is Cn1nnc2cc(C(=O)Nc3ccc(N4CCCCCC4)cc3)cnc21. The first-order valence-corrected chi connectivity index (χ1v) is 9.02. The van der Waals surface area contributed by atoms with E-state index < -0.39 is 0 Å². The molecule has 1 aliphatic heterocycles. The van der Waals surface area contributed by atoms with Crippen LogP contribution in [0.1, 0.15) is 36.0 Å². The number of benzene rings is 1. The number of hydrogen-bond donors (Lipinski definition) is 1. The Labute approximate surface area is 152 Å². The van der Waals surface area contributed by atoms with Crippen molar-refractivity contribution in [1.29, 1.82) is 0 Å². The smallest absolute Gasteiger partial charge is 0.257 e. The predicted octanol–water partition coefficient (Wildman–Crippen LogP) is 3.00. The Kier molecular flexibility index (Phi) is 4.51. The van der Waals surface area contributed by atoms with Crippen molar-refractivity contribution in [2.75, 3.05) is 23.3 Å². The fourth-order valence-electron chi connectivity index (χ4n) is 3.34. The normalized spacial score (nSPS) is 15.0. The van der Waals surface area contributed by atoms with Gasteiger partial charge in [0.05, 0.1) is 5.56 Å². The van der Waals surface area contributed by atoms with Crippen LogP contribution in [0, 0.1) is 0 Å². The molecule has 4 rings (SSSR count). The number of carbonyl (C=O) groups is 1. The van der Waals surface area contributed by atoms with Crippen molar-refractivity contribution in [1.82, 2.24) is 20.0 Å². The van der Waals surface area contributed by atoms with E-state index in [-0.39, 0.29) is 5.91 Å². The first-order valence-electron chi connectivity index (χ1n) is 9.02. The molecular formula is C19H22N6O. The van der Waals surface area contributed by atoms with E-state index in [0.717, 1.165) is 18.8 Å². The molecule has 0 atom stereocenters. The van der Waals surface area contributed by atoms with E-state index in [4.69, 9.17) is 0 Å². The number of rotatable bonds is 3. The van der Waals surface area contributed by atoms with E-state index in [1.54, 1.807) is 24.0 Å². The third-order valence-electron chi connectivity index (χ3n) is 4.80. The van der Waals surface area contributed by atoms with Crippen molar-refractivity contribution < 1.29 is 4.79 Å². The largest absolute Gasteiger partial charge is 0.372 e. The van der Waals surface area contributed by atoms with Crippen molar-refractivity contribution >= 4 is 28.4 Å². The summed E-state index contributed by atoms with van der Waals surface area (Å²) in [7, 11) is 1.77. The summed E-state index contributed by atoms with van der Waals surface area (Å²) in [5, 5.41) is 10.8. The van der Waals surface area contributed by atoms with Gasteiger partial charge in [-0.2, -0.15) is 0 Å². The van der Waals surface area contributed by atoms with Crippen LogP contribution in [0.4, 0.5) is 11.4 Å². The van der Waals surface area contributed by atoms with E-state index in [2.05, 4.69) is 37.6 Å². The number of carbonyl (C=O) groups excluding carboxylic acids is 1. The van der Waals surface area contributed by atoms with Crippen LogP contribution in [0.2, 0.25) is 0 Å². The molecule has 0 radical (unpaired) electrons. The molecule has 3 aromatic rings. The molecule has 3 heterocycles. The average molecular weight is 350 g/mol. The molecule has 1 amide bonds. The molecule has 1 aromatic carbocycles. The number of fused-ring (bicyclic) bond motifs is 1. The monoisotopic (exact) mass is 350 g/mol. The second-order valence-corrected chi connectivity index (χ2v) is 6.68. The number of pyridine rings is 1. The van der Waals surface area contributed by atoms with E-state index in [0.29, 0.717) is 16.7 Å². The highest BCUT2D eigenvalue weighted by atomic mass is 16.1. The zero-order valence-corrected chi connectivity index (χ0v) is 14.9. The maximum atomic E-state index is 12.5. The van der Waals surface area contributed by atoms with Crippen LogP contribution < -0.4 is 10.2 Å². The highest BCUT2D eigenvalue weighted by molar-refractivity contribution is 6.05. The van der Waals surface area contributed by atoms with Gasteiger partial charge in [0.15, 0.2) is 5.65 Å². The van der Waals surface area contributed by atoms with Gasteiger partial charge in [-0.25, -0.2) is 9.67 Å². The second kappa shape index (κ2) is 7.11. The summed E-state index contributed by atoms with van der Waals surface area (Å²) in [5.41, 5.74) is 3.72. The third-order valence-corrected chi connectivity index (χ3v) is 4.80. The summed E-state index contributed by atoms with van der Waals surface area (Å²) in [5.74, 6) is -0.201. The fourth-order valence-corrected chi connectivity index (χ4v) is 3.34. The zero-order chi connectivity index (χ0) is 17.9. The van der Waals surface area contributed by atoms with Crippen LogP contribution in [0.25, 0.3) is 11.2 Å². The molecule has 0 unspecified atom stereocenters. The Morgan fingerprint density at radius 2 is 1.81 bits per heavy atom. The minimum atomic E-state index is -0.201. The van der Waals surface area contributed by atoms with Gasteiger partial charge < -0.3 is 10.2 Å². The highest BCUT2D eigenvalue weighted by Crippen LogP contribution is 2.22. The summed E-state index contributed by atoms with van der Waals surface area (Å²) >= 11 is 0. The van der Waals surface area contributed by atoms with Gasteiger partial charge in [-0.1, -0.05) is 18.1 Å². The molecule has 0 bridgehead atoms. The molecule has 7 heteroatoms. The molecule has 2 aromatic heterocycles. The molecule has 7 nitrogen and oxygen atoms in total. The number of nitrogens with zero attached hydrogens (tertiary/aromatic N) is 5. The van der Waals surface area contributed by atoms with Crippen LogP contribution in [0.15, 0.2) is 36.5 Å². The van der Waals surface area contributed by atoms with E-state index >= 15 is 0 Å². The number of amides is 1. The topological polar surface area (TPSA) is 75.9 Å².